The fourth-order valence-corrected chi connectivity index (χ4v) is 3.62. The molecule has 7 nitrogen and oxygen atoms in total. The molecule has 1 aromatic heterocycles. The van der Waals surface area contributed by atoms with Gasteiger partial charge in [0.25, 0.3) is 0 Å². The highest BCUT2D eigenvalue weighted by atomic mass is 32.2. The number of sulfone groups is 1. The van der Waals surface area contributed by atoms with Gasteiger partial charge in [0.1, 0.15) is 17.5 Å². The number of nitrogens with one attached hydrogen (secondary N) is 1. The van der Waals surface area contributed by atoms with Crippen LogP contribution in [0.2, 0.25) is 0 Å². The lowest BCUT2D eigenvalue weighted by Crippen LogP contribution is -2.41. The second-order valence-electron chi connectivity index (χ2n) is 5.44. The first kappa shape index (κ1) is 13.6. The smallest absolute Gasteiger partial charge is 0.153 e. The van der Waals surface area contributed by atoms with Gasteiger partial charge in [0, 0.05) is 24.6 Å². The van der Waals surface area contributed by atoms with Crippen LogP contribution in [0.25, 0.3) is 0 Å². The zero-order chi connectivity index (χ0) is 14.3. The van der Waals surface area contributed by atoms with E-state index in [1.165, 1.54) is 0 Å². The standard InChI is InChI=1S/C12H19N5O2S/c1-8-10(16-13)14-11(9-2-3-9)15-12(8)17-4-6-20(18,19)7-5-17/h9H,2-7,13H2,1H3,(H,14,15,16). The van der Waals surface area contributed by atoms with E-state index in [1.54, 1.807) is 0 Å². The van der Waals surface area contributed by atoms with Crippen molar-refractivity contribution in [3.05, 3.63) is 11.4 Å². The third-order valence-corrected chi connectivity index (χ3v) is 5.47. The molecule has 20 heavy (non-hydrogen) atoms. The monoisotopic (exact) mass is 297 g/mol. The zero-order valence-corrected chi connectivity index (χ0v) is 12.3. The lowest BCUT2D eigenvalue weighted by atomic mass is 10.2. The summed E-state index contributed by atoms with van der Waals surface area (Å²) in [5.41, 5.74) is 3.49. The average Bonchev–Trinajstić information content (AvgIpc) is 3.24. The number of hydrogen-bond donors (Lipinski definition) is 2. The van der Waals surface area contributed by atoms with Gasteiger partial charge in [-0.05, 0) is 19.8 Å². The largest absolute Gasteiger partial charge is 0.354 e. The minimum atomic E-state index is -2.89. The Balaban J connectivity index is 1.93. The molecule has 1 aliphatic heterocycles. The van der Waals surface area contributed by atoms with Crippen molar-refractivity contribution >= 4 is 21.5 Å². The van der Waals surface area contributed by atoms with Crippen LogP contribution in [0.3, 0.4) is 0 Å². The topological polar surface area (TPSA) is 101 Å². The summed E-state index contributed by atoms with van der Waals surface area (Å²) in [6.45, 7) is 2.87. The Bertz CT molecular complexity index is 613. The van der Waals surface area contributed by atoms with Crippen LogP contribution < -0.4 is 16.2 Å². The summed E-state index contributed by atoms with van der Waals surface area (Å²) in [6, 6.07) is 0. The van der Waals surface area contributed by atoms with Gasteiger partial charge in [-0.15, -0.1) is 0 Å². The first-order valence-electron chi connectivity index (χ1n) is 6.81. The van der Waals surface area contributed by atoms with Crippen LogP contribution in [0.15, 0.2) is 0 Å². The lowest BCUT2D eigenvalue weighted by Gasteiger charge is -2.29. The molecule has 8 heteroatoms. The fraction of sp³-hybridized carbons (Fsp3) is 0.667. The molecule has 0 bridgehead atoms. The van der Waals surface area contributed by atoms with Crippen molar-refractivity contribution in [2.24, 2.45) is 5.84 Å². The summed E-state index contributed by atoms with van der Waals surface area (Å²) in [5, 5.41) is 0. The molecule has 1 aromatic rings. The predicted octanol–water partition coefficient (Wildman–Crippen LogP) is 0.183. The minimum absolute atomic E-state index is 0.181. The summed E-state index contributed by atoms with van der Waals surface area (Å²) in [7, 11) is -2.89. The van der Waals surface area contributed by atoms with E-state index in [2.05, 4.69) is 15.4 Å². The van der Waals surface area contributed by atoms with Crippen molar-refractivity contribution < 1.29 is 8.42 Å². The molecule has 3 N–H and O–H groups in total. The second kappa shape index (κ2) is 4.85. The van der Waals surface area contributed by atoms with Crippen molar-refractivity contribution in [1.29, 1.82) is 0 Å². The molecule has 1 aliphatic carbocycles. The number of rotatable bonds is 3. The molecule has 0 amide bonds. The Kier molecular flexibility index (Phi) is 3.29. The van der Waals surface area contributed by atoms with Gasteiger partial charge in [-0.3, -0.25) is 0 Å². The highest BCUT2D eigenvalue weighted by Gasteiger charge is 2.30. The maximum Gasteiger partial charge on any atom is 0.153 e. The first-order chi connectivity index (χ1) is 9.50. The molecule has 0 unspecified atom stereocenters. The molecule has 0 aromatic carbocycles. The van der Waals surface area contributed by atoms with Crippen LogP contribution in [0, 0.1) is 6.92 Å². The van der Waals surface area contributed by atoms with Crippen LogP contribution in [-0.2, 0) is 9.84 Å². The first-order valence-corrected chi connectivity index (χ1v) is 8.63. The average molecular weight is 297 g/mol. The fourth-order valence-electron chi connectivity index (χ4n) is 2.42. The summed E-state index contributed by atoms with van der Waals surface area (Å²) in [5.74, 6) is 8.57. The van der Waals surface area contributed by atoms with E-state index < -0.39 is 9.84 Å². The predicted molar refractivity (Wildman–Crippen MR) is 77.4 cm³/mol. The number of nitrogens with two attached hydrogens (primary N) is 1. The van der Waals surface area contributed by atoms with Crippen molar-refractivity contribution in [2.75, 3.05) is 34.9 Å². The van der Waals surface area contributed by atoms with Gasteiger partial charge >= 0.3 is 0 Å². The van der Waals surface area contributed by atoms with E-state index in [-0.39, 0.29) is 11.5 Å². The van der Waals surface area contributed by atoms with Gasteiger partial charge in [0.05, 0.1) is 11.5 Å². The Morgan fingerprint density at radius 3 is 2.45 bits per heavy atom. The maximum absolute atomic E-state index is 11.5. The molecule has 2 heterocycles. The quantitative estimate of drug-likeness (QED) is 0.606. The Labute approximate surface area is 118 Å². The normalized spacial score (nSPS) is 21.8. The Morgan fingerprint density at radius 2 is 1.90 bits per heavy atom. The number of hydrazine groups is 1. The lowest BCUT2D eigenvalue weighted by molar-refractivity contribution is 0.586. The van der Waals surface area contributed by atoms with Crippen molar-refractivity contribution in [2.45, 2.75) is 25.7 Å². The molecule has 2 fully saturated rings. The zero-order valence-electron chi connectivity index (χ0n) is 11.5. The van der Waals surface area contributed by atoms with Gasteiger partial charge in [0.15, 0.2) is 9.84 Å². The van der Waals surface area contributed by atoms with Crippen LogP contribution >= 0.6 is 0 Å². The van der Waals surface area contributed by atoms with Gasteiger partial charge < -0.3 is 10.3 Å². The van der Waals surface area contributed by atoms with Crippen molar-refractivity contribution in [1.82, 2.24) is 9.97 Å². The molecule has 2 aliphatic rings. The number of hydrogen-bond acceptors (Lipinski definition) is 7. The van der Waals surface area contributed by atoms with Crippen LogP contribution in [0.1, 0.15) is 30.1 Å². The third-order valence-electron chi connectivity index (χ3n) is 3.86. The van der Waals surface area contributed by atoms with E-state index >= 15 is 0 Å². The number of nitrogen functional groups attached to an aromatic ring is 1. The molecular formula is C12H19N5O2S. The van der Waals surface area contributed by atoms with Crippen LogP contribution in [0.4, 0.5) is 11.6 Å². The SMILES string of the molecule is Cc1c(NN)nc(C2CC2)nc1N1CCS(=O)(=O)CC1. The van der Waals surface area contributed by atoms with E-state index in [4.69, 9.17) is 5.84 Å². The van der Waals surface area contributed by atoms with Crippen LogP contribution in [0.5, 0.6) is 0 Å². The summed E-state index contributed by atoms with van der Waals surface area (Å²) in [4.78, 5) is 11.1. The maximum atomic E-state index is 11.5. The van der Waals surface area contributed by atoms with Gasteiger partial charge in [-0.25, -0.2) is 24.2 Å². The highest BCUT2D eigenvalue weighted by molar-refractivity contribution is 7.91. The van der Waals surface area contributed by atoms with E-state index in [0.717, 1.165) is 30.0 Å². The highest BCUT2D eigenvalue weighted by Crippen LogP contribution is 2.40. The van der Waals surface area contributed by atoms with Gasteiger partial charge in [-0.2, -0.15) is 0 Å². The minimum Gasteiger partial charge on any atom is -0.354 e. The van der Waals surface area contributed by atoms with Gasteiger partial charge in [0.2, 0.25) is 0 Å². The molecule has 110 valence electrons. The number of anilines is 2. The molecule has 1 saturated heterocycles. The van der Waals surface area contributed by atoms with E-state index in [0.29, 0.717) is 24.8 Å². The molecule has 0 atom stereocenters. The molecule has 0 spiro atoms. The van der Waals surface area contributed by atoms with Crippen molar-refractivity contribution in [3.8, 4) is 0 Å². The van der Waals surface area contributed by atoms with Crippen molar-refractivity contribution in [3.63, 3.8) is 0 Å². The Hall–Kier alpha value is -1.41. The Morgan fingerprint density at radius 1 is 1.25 bits per heavy atom. The van der Waals surface area contributed by atoms with E-state index in [9.17, 15) is 8.42 Å². The summed E-state index contributed by atoms with van der Waals surface area (Å²) < 4.78 is 23.1. The van der Waals surface area contributed by atoms with E-state index in [1.807, 2.05) is 11.8 Å². The van der Waals surface area contributed by atoms with Gasteiger partial charge in [-0.1, -0.05) is 0 Å². The van der Waals surface area contributed by atoms with Crippen LogP contribution in [-0.4, -0.2) is 43.0 Å². The molecular weight excluding hydrogens is 278 g/mol. The summed E-state index contributed by atoms with van der Waals surface area (Å²) >= 11 is 0. The molecule has 3 rings (SSSR count). The number of nitrogens with zero attached hydrogens (tertiary/aromatic N) is 3. The third kappa shape index (κ3) is 2.57. The summed E-state index contributed by atoms with van der Waals surface area (Å²) in [6.07, 6.45) is 2.22. The number of aromatic nitrogens is 2. The molecule has 1 saturated carbocycles. The second-order valence-corrected chi connectivity index (χ2v) is 7.74. The molecule has 0 radical (unpaired) electrons.